The van der Waals surface area contributed by atoms with Gasteiger partial charge in [-0.3, -0.25) is 4.79 Å². The van der Waals surface area contributed by atoms with Gasteiger partial charge in [0.2, 0.25) is 5.91 Å². The fourth-order valence-corrected chi connectivity index (χ4v) is 1.28. The van der Waals surface area contributed by atoms with Crippen molar-refractivity contribution in [1.82, 2.24) is 4.98 Å². The molecule has 1 aromatic rings. The molecule has 0 atom stereocenters. The molecule has 5 heteroatoms. The van der Waals surface area contributed by atoms with Crippen molar-refractivity contribution in [1.29, 1.82) is 0 Å². The van der Waals surface area contributed by atoms with E-state index in [1.54, 1.807) is 18.3 Å². The maximum absolute atomic E-state index is 11.1. The minimum atomic E-state index is -0.0772. The van der Waals surface area contributed by atoms with Gasteiger partial charge in [-0.15, -0.1) is 0 Å². The number of carbonyl (C=O) groups excluding carboxylic acids is 1. The second-order valence-electron chi connectivity index (χ2n) is 2.35. The van der Waals surface area contributed by atoms with Gasteiger partial charge in [-0.2, -0.15) is 0 Å². The van der Waals surface area contributed by atoms with Crippen LogP contribution in [0.1, 0.15) is 6.42 Å². The van der Waals surface area contributed by atoms with Crippen LogP contribution in [0.15, 0.2) is 18.3 Å². The lowest BCUT2D eigenvalue weighted by Crippen LogP contribution is -2.12. The summed E-state index contributed by atoms with van der Waals surface area (Å²) >= 11 is 8.88. The van der Waals surface area contributed by atoms with Gasteiger partial charge in [0.05, 0.1) is 0 Å². The van der Waals surface area contributed by atoms with E-state index in [1.807, 2.05) is 0 Å². The molecule has 3 nitrogen and oxygen atoms in total. The van der Waals surface area contributed by atoms with Gasteiger partial charge < -0.3 is 5.32 Å². The van der Waals surface area contributed by atoms with Gasteiger partial charge in [-0.25, -0.2) is 4.98 Å². The molecule has 0 saturated carbocycles. The molecular formula is C8H8BrClN2O. The largest absolute Gasteiger partial charge is 0.311 e. The number of hydrogen-bond acceptors (Lipinski definition) is 2. The molecular weight excluding hydrogens is 255 g/mol. The highest BCUT2D eigenvalue weighted by Gasteiger charge is 2.01. The summed E-state index contributed by atoms with van der Waals surface area (Å²) in [6.07, 6.45) is 1.97. The van der Waals surface area contributed by atoms with Crippen molar-refractivity contribution in [2.45, 2.75) is 6.42 Å². The van der Waals surface area contributed by atoms with E-state index in [0.29, 0.717) is 22.6 Å². The summed E-state index contributed by atoms with van der Waals surface area (Å²) in [5.74, 6) is 0.407. The zero-order valence-electron chi connectivity index (χ0n) is 6.76. The first kappa shape index (κ1) is 10.5. The molecule has 0 radical (unpaired) electrons. The molecule has 0 aliphatic heterocycles. The molecule has 0 saturated heterocycles. The van der Waals surface area contributed by atoms with Gasteiger partial charge in [0.25, 0.3) is 0 Å². The highest BCUT2D eigenvalue weighted by molar-refractivity contribution is 9.09. The topological polar surface area (TPSA) is 42.0 Å². The fourth-order valence-electron chi connectivity index (χ4n) is 0.764. The highest BCUT2D eigenvalue weighted by atomic mass is 79.9. The van der Waals surface area contributed by atoms with Crippen LogP contribution in [0.4, 0.5) is 5.82 Å². The molecule has 0 unspecified atom stereocenters. The van der Waals surface area contributed by atoms with E-state index in [-0.39, 0.29) is 5.91 Å². The van der Waals surface area contributed by atoms with Crippen LogP contribution in [-0.4, -0.2) is 16.2 Å². The van der Waals surface area contributed by atoms with Gasteiger partial charge in [0.15, 0.2) is 0 Å². The Morgan fingerprint density at radius 1 is 1.69 bits per heavy atom. The maximum Gasteiger partial charge on any atom is 0.226 e. The second-order valence-corrected chi connectivity index (χ2v) is 3.58. The SMILES string of the molecule is O=C(CCBr)Nc1cc(Cl)ccn1. The molecule has 1 N–H and O–H groups in total. The van der Waals surface area contributed by atoms with Crippen LogP contribution in [0.3, 0.4) is 0 Å². The Balaban J connectivity index is 2.58. The van der Waals surface area contributed by atoms with Crippen molar-refractivity contribution in [3.8, 4) is 0 Å². The third-order valence-corrected chi connectivity index (χ3v) is 1.94. The summed E-state index contributed by atoms with van der Waals surface area (Å²) in [6.45, 7) is 0. The third-order valence-electron chi connectivity index (χ3n) is 1.31. The molecule has 0 aliphatic carbocycles. The van der Waals surface area contributed by atoms with Crippen LogP contribution in [0.25, 0.3) is 0 Å². The number of rotatable bonds is 3. The molecule has 1 amide bonds. The van der Waals surface area contributed by atoms with E-state index in [2.05, 4.69) is 26.2 Å². The Labute approximate surface area is 89.6 Å². The number of amides is 1. The molecule has 1 heterocycles. The molecule has 0 fully saturated rings. The van der Waals surface area contributed by atoms with Gasteiger partial charge in [0, 0.05) is 23.0 Å². The van der Waals surface area contributed by atoms with Gasteiger partial charge >= 0.3 is 0 Å². The first-order valence-corrected chi connectivity index (χ1v) is 5.19. The van der Waals surface area contributed by atoms with Crippen LogP contribution < -0.4 is 5.32 Å². The van der Waals surface area contributed by atoms with E-state index in [1.165, 1.54) is 0 Å². The summed E-state index contributed by atoms with van der Waals surface area (Å²) < 4.78 is 0. The molecule has 70 valence electrons. The fraction of sp³-hybridized carbons (Fsp3) is 0.250. The van der Waals surface area contributed by atoms with E-state index in [4.69, 9.17) is 11.6 Å². The van der Waals surface area contributed by atoms with E-state index in [9.17, 15) is 4.79 Å². The van der Waals surface area contributed by atoms with E-state index >= 15 is 0 Å². The average Bonchev–Trinajstić information content (AvgIpc) is 2.04. The highest BCUT2D eigenvalue weighted by Crippen LogP contribution is 2.11. The lowest BCUT2D eigenvalue weighted by molar-refractivity contribution is -0.115. The number of carbonyl (C=O) groups is 1. The van der Waals surface area contributed by atoms with Crippen molar-refractivity contribution >= 4 is 39.3 Å². The Kier molecular flexibility index (Phi) is 4.18. The van der Waals surface area contributed by atoms with Crippen LogP contribution in [0.2, 0.25) is 5.02 Å². The molecule has 13 heavy (non-hydrogen) atoms. The molecule has 0 aromatic carbocycles. The van der Waals surface area contributed by atoms with Crippen molar-refractivity contribution in [2.24, 2.45) is 0 Å². The zero-order chi connectivity index (χ0) is 9.68. The number of nitrogens with one attached hydrogen (secondary N) is 1. The predicted molar refractivity (Wildman–Crippen MR) is 56.3 cm³/mol. The number of halogens is 2. The molecule has 0 bridgehead atoms. The Morgan fingerprint density at radius 2 is 2.46 bits per heavy atom. The third kappa shape index (κ3) is 3.74. The summed E-state index contributed by atoms with van der Waals surface area (Å²) in [4.78, 5) is 15.0. The second kappa shape index (κ2) is 5.19. The van der Waals surface area contributed by atoms with Crippen molar-refractivity contribution in [2.75, 3.05) is 10.6 Å². The Hall–Kier alpha value is -0.610. The van der Waals surface area contributed by atoms with E-state index in [0.717, 1.165) is 0 Å². The average molecular weight is 264 g/mol. The quantitative estimate of drug-likeness (QED) is 0.851. The van der Waals surface area contributed by atoms with E-state index < -0.39 is 0 Å². The number of nitrogens with zero attached hydrogens (tertiary/aromatic N) is 1. The van der Waals surface area contributed by atoms with Crippen molar-refractivity contribution in [3.63, 3.8) is 0 Å². The number of alkyl halides is 1. The number of hydrogen-bond donors (Lipinski definition) is 1. The zero-order valence-corrected chi connectivity index (χ0v) is 9.10. The minimum absolute atomic E-state index is 0.0772. The number of pyridine rings is 1. The predicted octanol–water partition coefficient (Wildman–Crippen LogP) is 2.46. The van der Waals surface area contributed by atoms with Gasteiger partial charge in [0.1, 0.15) is 5.82 Å². The number of aromatic nitrogens is 1. The van der Waals surface area contributed by atoms with Crippen LogP contribution in [0.5, 0.6) is 0 Å². The standard InChI is InChI=1S/C8H8BrClN2O/c9-3-1-8(13)12-7-5-6(10)2-4-11-7/h2,4-5H,1,3H2,(H,11,12,13). The first-order chi connectivity index (χ1) is 6.22. The lowest BCUT2D eigenvalue weighted by Gasteiger charge is -2.02. The van der Waals surface area contributed by atoms with Crippen LogP contribution >= 0.6 is 27.5 Å². The maximum atomic E-state index is 11.1. The first-order valence-electron chi connectivity index (χ1n) is 3.70. The van der Waals surface area contributed by atoms with Crippen LogP contribution in [0, 0.1) is 0 Å². The Bertz CT molecular complexity index is 306. The summed E-state index contributed by atoms with van der Waals surface area (Å²) in [6, 6.07) is 3.26. The number of anilines is 1. The van der Waals surface area contributed by atoms with Crippen molar-refractivity contribution in [3.05, 3.63) is 23.4 Å². The van der Waals surface area contributed by atoms with Crippen molar-refractivity contribution < 1.29 is 4.79 Å². The lowest BCUT2D eigenvalue weighted by atomic mass is 10.4. The minimum Gasteiger partial charge on any atom is -0.311 e. The molecule has 0 spiro atoms. The molecule has 0 aliphatic rings. The van der Waals surface area contributed by atoms with Gasteiger partial charge in [-0.05, 0) is 12.1 Å². The normalized spacial score (nSPS) is 9.69. The summed E-state index contributed by atoms with van der Waals surface area (Å²) in [7, 11) is 0. The summed E-state index contributed by atoms with van der Waals surface area (Å²) in [5.41, 5.74) is 0. The smallest absolute Gasteiger partial charge is 0.226 e. The van der Waals surface area contributed by atoms with Gasteiger partial charge in [-0.1, -0.05) is 27.5 Å². The summed E-state index contributed by atoms with van der Waals surface area (Å²) in [5, 5.41) is 3.82. The Morgan fingerprint density at radius 3 is 3.08 bits per heavy atom. The molecule has 1 rings (SSSR count). The monoisotopic (exact) mass is 262 g/mol. The molecule has 1 aromatic heterocycles. The van der Waals surface area contributed by atoms with Crippen LogP contribution in [-0.2, 0) is 4.79 Å².